The number of hydrogen-bond donors (Lipinski definition) is 1. The fraction of sp³-hybridized carbons (Fsp3) is 1.00. The van der Waals surface area contributed by atoms with Crippen molar-refractivity contribution in [2.24, 2.45) is 11.3 Å². The smallest absolute Gasteiger partial charge is 0.0859 e. The highest BCUT2D eigenvalue weighted by Gasteiger charge is 2.33. The van der Waals surface area contributed by atoms with Crippen LogP contribution in [0, 0.1) is 11.3 Å². The Morgan fingerprint density at radius 1 is 1.33 bits per heavy atom. The van der Waals surface area contributed by atoms with Gasteiger partial charge < -0.3 is 9.84 Å². The molecule has 1 N–H and O–H groups in total. The lowest BCUT2D eigenvalue weighted by Gasteiger charge is -2.40. The van der Waals surface area contributed by atoms with Gasteiger partial charge in [0.05, 0.1) is 18.3 Å². The van der Waals surface area contributed by atoms with Gasteiger partial charge in [-0.1, -0.05) is 34.1 Å². The summed E-state index contributed by atoms with van der Waals surface area (Å²) < 4.78 is 5.97. The molecule has 0 aromatic carbocycles. The summed E-state index contributed by atoms with van der Waals surface area (Å²) >= 11 is 0. The zero-order valence-electron chi connectivity index (χ0n) is 13.5. The average molecular weight is 258 g/mol. The SMILES string of the molecule is CC.CC(OC(C)(C)CO)C1CCCC(C)(C)C1. The van der Waals surface area contributed by atoms with E-state index in [4.69, 9.17) is 4.74 Å². The molecule has 0 aromatic heterocycles. The molecule has 2 nitrogen and oxygen atoms in total. The second kappa shape index (κ2) is 7.49. The van der Waals surface area contributed by atoms with E-state index < -0.39 is 5.60 Å². The lowest BCUT2D eigenvalue weighted by molar-refractivity contribution is -0.119. The monoisotopic (exact) mass is 258 g/mol. The van der Waals surface area contributed by atoms with Gasteiger partial charge in [-0.25, -0.2) is 0 Å². The van der Waals surface area contributed by atoms with Crippen LogP contribution in [0.3, 0.4) is 0 Å². The summed E-state index contributed by atoms with van der Waals surface area (Å²) in [7, 11) is 0. The van der Waals surface area contributed by atoms with Crippen LogP contribution in [-0.4, -0.2) is 23.4 Å². The maximum Gasteiger partial charge on any atom is 0.0859 e. The van der Waals surface area contributed by atoms with Gasteiger partial charge in [-0.2, -0.15) is 0 Å². The van der Waals surface area contributed by atoms with Gasteiger partial charge in [-0.05, 0) is 51.4 Å². The molecule has 0 aromatic rings. The molecule has 0 amide bonds. The Labute approximate surface area is 114 Å². The molecule has 18 heavy (non-hydrogen) atoms. The second-order valence-corrected chi connectivity index (χ2v) is 6.76. The molecule has 1 aliphatic carbocycles. The number of ether oxygens (including phenoxy) is 1. The first-order valence-electron chi connectivity index (χ1n) is 7.54. The molecule has 110 valence electrons. The molecule has 1 saturated carbocycles. The summed E-state index contributed by atoms with van der Waals surface area (Å²) in [5.74, 6) is 0.648. The van der Waals surface area contributed by atoms with Crippen LogP contribution in [0.15, 0.2) is 0 Å². The molecular weight excluding hydrogens is 224 g/mol. The molecule has 0 spiro atoms. The highest BCUT2D eigenvalue weighted by Crippen LogP contribution is 2.41. The molecule has 1 rings (SSSR count). The third kappa shape index (κ3) is 6.19. The van der Waals surface area contributed by atoms with Crippen LogP contribution in [0.2, 0.25) is 0 Å². The molecule has 1 fully saturated rings. The quantitative estimate of drug-likeness (QED) is 0.809. The van der Waals surface area contributed by atoms with Gasteiger partial charge in [-0.15, -0.1) is 0 Å². The Morgan fingerprint density at radius 2 is 1.89 bits per heavy atom. The molecular formula is C16H34O2. The molecule has 2 unspecified atom stereocenters. The van der Waals surface area contributed by atoms with Crippen molar-refractivity contribution in [3.8, 4) is 0 Å². The molecule has 0 bridgehead atoms. The Morgan fingerprint density at radius 3 is 2.33 bits per heavy atom. The standard InChI is InChI=1S/C14H28O2.C2H6/c1-11(16-14(4,5)10-15)12-7-6-8-13(2,3)9-12;1-2/h11-12,15H,6-10H2,1-5H3;1-2H3. The van der Waals surface area contributed by atoms with Crippen molar-refractivity contribution < 1.29 is 9.84 Å². The summed E-state index contributed by atoms with van der Waals surface area (Å²) in [6.45, 7) is 14.9. The van der Waals surface area contributed by atoms with Gasteiger partial charge in [-0.3, -0.25) is 0 Å². The Balaban J connectivity index is 0.00000137. The predicted molar refractivity (Wildman–Crippen MR) is 78.8 cm³/mol. The minimum absolute atomic E-state index is 0.0907. The normalized spacial score (nSPS) is 25.0. The van der Waals surface area contributed by atoms with Crippen LogP contribution in [-0.2, 0) is 4.74 Å². The fourth-order valence-electron chi connectivity index (χ4n) is 2.79. The molecule has 0 saturated heterocycles. The third-order valence-corrected chi connectivity index (χ3v) is 3.79. The lowest BCUT2D eigenvalue weighted by Crippen LogP contribution is -2.38. The summed E-state index contributed by atoms with van der Waals surface area (Å²) in [5.41, 5.74) is 0.0604. The van der Waals surface area contributed by atoms with Crippen LogP contribution in [0.1, 0.15) is 74.1 Å². The zero-order valence-corrected chi connectivity index (χ0v) is 13.5. The van der Waals surface area contributed by atoms with E-state index >= 15 is 0 Å². The van der Waals surface area contributed by atoms with Gasteiger partial charge in [0.1, 0.15) is 0 Å². The lowest BCUT2D eigenvalue weighted by atomic mass is 9.71. The van der Waals surface area contributed by atoms with Crippen molar-refractivity contribution in [1.29, 1.82) is 0 Å². The first kappa shape index (κ1) is 17.9. The minimum atomic E-state index is -0.402. The molecule has 0 heterocycles. The summed E-state index contributed by atoms with van der Waals surface area (Å²) in [6, 6.07) is 0. The van der Waals surface area contributed by atoms with Crippen LogP contribution >= 0.6 is 0 Å². The zero-order chi connectivity index (χ0) is 14.4. The summed E-state index contributed by atoms with van der Waals surface area (Å²) in [6.07, 6.45) is 5.41. The van der Waals surface area contributed by atoms with Gasteiger partial charge in [0, 0.05) is 0 Å². The average Bonchev–Trinajstić information content (AvgIpc) is 2.30. The molecule has 0 radical (unpaired) electrons. The van der Waals surface area contributed by atoms with Crippen LogP contribution < -0.4 is 0 Å². The van der Waals surface area contributed by atoms with E-state index in [0.717, 1.165) is 0 Å². The van der Waals surface area contributed by atoms with E-state index in [-0.39, 0.29) is 12.7 Å². The van der Waals surface area contributed by atoms with E-state index in [1.165, 1.54) is 25.7 Å². The van der Waals surface area contributed by atoms with Gasteiger partial charge in [0.2, 0.25) is 0 Å². The van der Waals surface area contributed by atoms with Gasteiger partial charge >= 0.3 is 0 Å². The number of aliphatic hydroxyl groups excluding tert-OH is 1. The Kier molecular flexibility index (Phi) is 7.46. The van der Waals surface area contributed by atoms with Crippen molar-refractivity contribution >= 4 is 0 Å². The first-order valence-corrected chi connectivity index (χ1v) is 7.54. The number of rotatable bonds is 4. The van der Waals surface area contributed by atoms with E-state index in [2.05, 4.69) is 20.8 Å². The molecule has 2 heteroatoms. The topological polar surface area (TPSA) is 29.5 Å². The van der Waals surface area contributed by atoms with Crippen molar-refractivity contribution in [1.82, 2.24) is 0 Å². The third-order valence-electron chi connectivity index (χ3n) is 3.79. The molecule has 1 aliphatic rings. The molecule has 0 aliphatic heterocycles. The van der Waals surface area contributed by atoms with Crippen molar-refractivity contribution in [2.45, 2.75) is 85.9 Å². The summed E-state index contributed by atoms with van der Waals surface area (Å²) in [5, 5.41) is 9.22. The Bertz CT molecular complexity index is 221. The van der Waals surface area contributed by atoms with Gasteiger partial charge in [0.15, 0.2) is 0 Å². The van der Waals surface area contributed by atoms with Crippen LogP contribution in [0.4, 0.5) is 0 Å². The first-order chi connectivity index (χ1) is 8.26. The van der Waals surface area contributed by atoms with Crippen LogP contribution in [0.5, 0.6) is 0 Å². The van der Waals surface area contributed by atoms with E-state index in [1.807, 2.05) is 27.7 Å². The second-order valence-electron chi connectivity index (χ2n) is 6.76. The maximum absolute atomic E-state index is 9.22. The van der Waals surface area contributed by atoms with Crippen molar-refractivity contribution in [3.05, 3.63) is 0 Å². The van der Waals surface area contributed by atoms with E-state index in [9.17, 15) is 5.11 Å². The number of hydrogen-bond acceptors (Lipinski definition) is 2. The van der Waals surface area contributed by atoms with E-state index in [1.54, 1.807) is 0 Å². The number of aliphatic hydroxyl groups is 1. The van der Waals surface area contributed by atoms with E-state index in [0.29, 0.717) is 11.3 Å². The minimum Gasteiger partial charge on any atom is -0.393 e. The van der Waals surface area contributed by atoms with Crippen LogP contribution in [0.25, 0.3) is 0 Å². The largest absolute Gasteiger partial charge is 0.393 e. The predicted octanol–water partition coefficient (Wildman–Crippen LogP) is 4.41. The van der Waals surface area contributed by atoms with Crippen molar-refractivity contribution in [3.63, 3.8) is 0 Å². The fourth-order valence-corrected chi connectivity index (χ4v) is 2.79. The summed E-state index contributed by atoms with van der Waals surface area (Å²) in [4.78, 5) is 0. The highest BCUT2D eigenvalue weighted by molar-refractivity contribution is 4.83. The van der Waals surface area contributed by atoms with Gasteiger partial charge in [0.25, 0.3) is 0 Å². The molecule has 2 atom stereocenters. The Hall–Kier alpha value is -0.0800. The van der Waals surface area contributed by atoms with Crippen molar-refractivity contribution in [2.75, 3.05) is 6.61 Å². The highest BCUT2D eigenvalue weighted by atomic mass is 16.5. The maximum atomic E-state index is 9.22.